The molecule has 0 radical (unpaired) electrons. The molecule has 1 aliphatic carbocycles. The van der Waals surface area contributed by atoms with Crippen molar-refractivity contribution in [3.8, 4) is 5.75 Å². The first-order valence-corrected chi connectivity index (χ1v) is 14.1. The van der Waals surface area contributed by atoms with Crippen molar-refractivity contribution in [1.82, 2.24) is 10.6 Å². The maximum absolute atomic E-state index is 13.1. The molecule has 0 heterocycles. The molecule has 42 heavy (non-hydrogen) atoms. The van der Waals surface area contributed by atoms with E-state index >= 15 is 0 Å². The average Bonchev–Trinajstić information content (AvgIpc) is 2.95. The van der Waals surface area contributed by atoms with Gasteiger partial charge in [0.1, 0.15) is 11.9 Å². The minimum atomic E-state index is -2.58. The molecule has 1 aromatic rings. The Hall–Kier alpha value is -3.48. The summed E-state index contributed by atoms with van der Waals surface area (Å²) in [6.07, 6.45) is -8.06. The van der Waals surface area contributed by atoms with E-state index in [1.54, 1.807) is 41.5 Å². The number of carbonyl (C=O) groups is 6. The van der Waals surface area contributed by atoms with Gasteiger partial charge in [-0.05, 0) is 48.5 Å². The van der Waals surface area contributed by atoms with Gasteiger partial charge >= 0.3 is 0 Å². The van der Waals surface area contributed by atoms with E-state index in [0.29, 0.717) is 18.4 Å². The third kappa shape index (κ3) is 8.76. The van der Waals surface area contributed by atoms with Crippen LogP contribution >= 0.6 is 0 Å². The number of hydrogen-bond acceptors (Lipinski definition) is 10. The van der Waals surface area contributed by atoms with Crippen LogP contribution in [0.5, 0.6) is 5.75 Å². The molecule has 7 atom stereocenters. The minimum absolute atomic E-state index is 0.0306. The molecule has 1 aliphatic rings. The van der Waals surface area contributed by atoms with Gasteiger partial charge in [0.15, 0.2) is 5.78 Å². The summed E-state index contributed by atoms with van der Waals surface area (Å²) in [5, 5.41) is 38.1. The number of Topliss-reactive ketones (excluding diaryl/α,β-unsaturated/α-hetero) is 2. The summed E-state index contributed by atoms with van der Waals surface area (Å²) in [6, 6.07) is 5.75. The predicted molar refractivity (Wildman–Crippen MR) is 148 cm³/mol. The zero-order valence-electron chi connectivity index (χ0n) is 24.8. The lowest BCUT2D eigenvalue weighted by molar-refractivity contribution is -0.426. The van der Waals surface area contributed by atoms with E-state index in [2.05, 4.69) is 5.32 Å². The molecule has 0 aliphatic heterocycles. The van der Waals surface area contributed by atoms with E-state index < -0.39 is 77.4 Å². The van der Waals surface area contributed by atoms with E-state index in [4.69, 9.17) is 4.74 Å². The Bertz CT molecular complexity index is 1160. The fraction of sp³-hybridized carbons (Fsp3) is 0.600. The second-order valence-corrected chi connectivity index (χ2v) is 11.5. The third-order valence-electron chi connectivity index (χ3n) is 7.84. The van der Waals surface area contributed by atoms with E-state index in [0.717, 1.165) is 0 Å². The Kier molecular flexibility index (Phi) is 12.5. The number of ether oxygens (including phenoxy) is 1. The molecule has 2 rings (SSSR count). The highest BCUT2D eigenvalue weighted by Gasteiger charge is 2.38. The van der Waals surface area contributed by atoms with Gasteiger partial charge in [0.25, 0.3) is 5.91 Å². The maximum Gasteiger partial charge on any atom is 0.270 e. The number of aliphatic hydroxyl groups is 2. The molecule has 1 fully saturated rings. The highest BCUT2D eigenvalue weighted by Crippen LogP contribution is 2.30. The van der Waals surface area contributed by atoms with Crippen LogP contribution in [-0.4, -0.2) is 69.8 Å². The first-order valence-electron chi connectivity index (χ1n) is 14.1. The second kappa shape index (κ2) is 15.1. The van der Waals surface area contributed by atoms with Crippen molar-refractivity contribution >= 4 is 35.2 Å². The molecule has 4 N–H and O–H groups in total. The van der Waals surface area contributed by atoms with Gasteiger partial charge in [0.05, 0.1) is 12.0 Å². The Labute approximate surface area is 245 Å². The Morgan fingerprint density at radius 2 is 1.31 bits per heavy atom. The first kappa shape index (κ1) is 34.7. The van der Waals surface area contributed by atoms with E-state index in [1.807, 2.05) is 5.32 Å². The standard InChI is InChI=1S/C30H41N2O10/c1-14(2)16(5)27(38)31-29(40)25(37)23(35)24(36)26(30(41)32-28(39)17(6)15(3)4)42-19-12-10-18(11-13-19)20-8-7-9-21(33)22(20)34/h10-17,20,23-26,35-36H,7-9H2,1-6H3,(H,31,38,40)(H,32,39,41)/q-1/t16-,17-,20?,23+,24+,25+,26+/m0/s1. The van der Waals surface area contributed by atoms with Crippen LogP contribution in [0.2, 0.25) is 0 Å². The zero-order chi connectivity index (χ0) is 31.9. The number of amides is 4. The Morgan fingerprint density at radius 3 is 1.81 bits per heavy atom. The number of aliphatic hydroxyl groups excluding tert-OH is 2. The lowest BCUT2D eigenvalue weighted by atomic mass is 9.82. The molecular formula is C30H41N2O10-. The normalized spacial score (nSPS) is 19.8. The molecular weight excluding hydrogens is 548 g/mol. The first-order chi connectivity index (χ1) is 19.6. The van der Waals surface area contributed by atoms with Crippen molar-refractivity contribution in [3.63, 3.8) is 0 Å². The van der Waals surface area contributed by atoms with Crippen molar-refractivity contribution < 1.29 is 48.8 Å². The molecule has 0 saturated heterocycles. The van der Waals surface area contributed by atoms with Crippen LogP contribution in [0.3, 0.4) is 0 Å². The van der Waals surface area contributed by atoms with Gasteiger partial charge in [0, 0.05) is 18.3 Å². The summed E-state index contributed by atoms with van der Waals surface area (Å²) in [5.74, 6) is -7.12. The van der Waals surface area contributed by atoms with Gasteiger partial charge in [-0.1, -0.05) is 53.7 Å². The summed E-state index contributed by atoms with van der Waals surface area (Å²) in [6.45, 7) is 10.1. The Balaban J connectivity index is 2.28. The van der Waals surface area contributed by atoms with E-state index in [9.17, 15) is 44.1 Å². The highest BCUT2D eigenvalue weighted by atomic mass is 16.5. The number of nitrogens with one attached hydrogen (secondary N) is 2. The number of benzene rings is 1. The highest BCUT2D eigenvalue weighted by molar-refractivity contribution is 6.39. The number of rotatable bonds is 12. The lowest BCUT2D eigenvalue weighted by Gasteiger charge is -2.34. The quantitative estimate of drug-likeness (QED) is 0.244. The van der Waals surface area contributed by atoms with Gasteiger partial charge in [0.2, 0.25) is 29.6 Å². The van der Waals surface area contributed by atoms with Crippen LogP contribution in [-0.2, 0) is 28.8 Å². The van der Waals surface area contributed by atoms with Crippen LogP contribution in [0, 0.1) is 23.7 Å². The number of hydrogen-bond donors (Lipinski definition) is 4. The van der Waals surface area contributed by atoms with Gasteiger partial charge in [-0.25, -0.2) is 0 Å². The van der Waals surface area contributed by atoms with Gasteiger partial charge < -0.3 is 20.1 Å². The third-order valence-corrected chi connectivity index (χ3v) is 7.84. The molecule has 1 unspecified atom stereocenters. The van der Waals surface area contributed by atoms with Crippen LogP contribution in [0.15, 0.2) is 24.3 Å². The van der Waals surface area contributed by atoms with Gasteiger partial charge in [-0.2, -0.15) is 0 Å². The van der Waals surface area contributed by atoms with Crippen LogP contribution in [0.25, 0.3) is 0 Å². The summed E-state index contributed by atoms with van der Waals surface area (Å²) in [7, 11) is 0. The number of carbonyl (C=O) groups excluding carboxylic acids is 6. The van der Waals surface area contributed by atoms with Crippen LogP contribution in [0.1, 0.15) is 72.3 Å². The topological polar surface area (TPSA) is 199 Å². The predicted octanol–water partition coefficient (Wildman–Crippen LogP) is 0.160. The van der Waals surface area contributed by atoms with Crippen molar-refractivity contribution in [2.45, 2.75) is 91.1 Å². The maximum atomic E-state index is 13.1. The van der Waals surface area contributed by atoms with Crippen molar-refractivity contribution in [2.75, 3.05) is 0 Å². The summed E-state index contributed by atoms with van der Waals surface area (Å²) < 4.78 is 5.61. The van der Waals surface area contributed by atoms with Crippen molar-refractivity contribution in [1.29, 1.82) is 0 Å². The number of imide groups is 2. The monoisotopic (exact) mass is 589 g/mol. The van der Waals surface area contributed by atoms with E-state index in [-0.39, 0.29) is 24.0 Å². The SMILES string of the molecule is CC(C)[C@H](C)C(=O)NC(=O)[C@H]([O-])[C@H](O)[C@@H](O)[C@@H](Oc1ccc(C2CCCC(=O)C2=O)cc1)C(=O)NC(=O)[C@@H](C)C(C)C. The number of ketones is 2. The largest absolute Gasteiger partial charge is 0.843 e. The molecule has 232 valence electrons. The second-order valence-electron chi connectivity index (χ2n) is 11.5. The Morgan fingerprint density at radius 1 is 0.810 bits per heavy atom. The molecule has 12 nitrogen and oxygen atoms in total. The molecule has 4 amide bonds. The van der Waals surface area contributed by atoms with Crippen LogP contribution in [0.4, 0.5) is 0 Å². The summed E-state index contributed by atoms with van der Waals surface area (Å²) in [5.41, 5.74) is 0.541. The lowest BCUT2D eigenvalue weighted by Crippen LogP contribution is -2.61. The van der Waals surface area contributed by atoms with Crippen LogP contribution < -0.4 is 20.5 Å². The van der Waals surface area contributed by atoms with Gasteiger partial charge in [-0.3, -0.25) is 39.4 Å². The fourth-order valence-electron chi connectivity index (χ4n) is 4.17. The summed E-state index contributed by atoms with van der Waals surface area (Å²) >= 11 is 0. The summed E-state index contributed by atoms with van der Waals surface area (Å²) in [4.78, 5) is 74.4. The molecule has 12 heteroatoms. The molecule has 0 bridgehead atoms. The average molecular weight is 590 g/mol. The van der Waals surface area contributed by atoms with Gasteiger partial charge in [-0.15, -0.1) is 0 Å². The molecule has 1 aromatic carbocycles. The molecule has 1 saturated carbocycles. The minimum Gasteiger partial charge on any atom is -0.843 e. The van der Waals surface area contributed by atoms with Crippen molar-refractivity contribution in [3.05, 3.63) is 29.8 Å². The smallest absolute Gasteiger partial charge is 0.270 e. The molecule has 0 spiro atoms. The van der Waals surface area contributed by atoms with E-state index in [1.165, 1.54) is 24.3 Å². The van der Waals surface area contributed by atoms with Crippen molar-refractivity contribution in [2.24, 2.45) is 23.7 Å². The fourth-order valence-corrected chi connectivity index (χ4v) is 4.17. The zero-order valence-corrected chi connectivity index (χ0v) is 24.8. The molecule has 0 aromatic heterocycles.